The molecule has 0 saturated heterocycles. The van der Waals surface area contributed by atoms with Crippen molar-refractivity contribution in [3.63, 3.8) is 0 Å². The Hall–Kier alpha value is -0.380. The van der Waals surface area contributed by atoms with Crippen LogP contribution in [0.1, 0.15) is 19.8 Å². The summed E-state index contributed by atoms with van der Waals surface area (Å²) in [5, 5.41) is 8.70. The topological polar surface area (TPSA) is 54.4 Å². The number of hydrogen-bond donors (Lipinski definition) is 1. The molecule has 3 atom stereocenters. The summed E-state index contributed by atoms with van der Waals surface area (Å²) in [6, 6.07) is 0. The van der Waals surface area contributed by atoms with Gasteiger partial charge in [0.2, 0.25) is 0 Å². The maximum Gasteiger partial charge on any atom is 0.314 e. The summed E-state index contributed by atoms with van der Waals surface area (Å²) in [6.45, 7) is 1.97. The van der Waals surface area contributed by atoms with Gasteiger partial charge >= 0.3 is 5.97 Å². The monoisotopic (exact) mass is 234 g/mol. The molecule has 0 aromatic rings. The molecule has 1 aliphatic carbocycles. The number of ketones is 1. The molecule has 0 radical (unpaired) electrons. The first-order valence-corrected chi connectivity index (χ1v) is 4.84. The molecule has 3 unspecified atom stereocenters. The third kappa shape index (κ3) is 1.86. The highest BCUT2D eigenvalue weighted by atomic mass is 79.9. The second-order valence-electron chi connectivity index (χ2n) is 3.34. The molecule has 68 valence electrons. The van der Waals surface area contributed by atoms with Gasteiger partial charge in [0.1, 0.15) is 5.92 Å². The number of alkyl halides is 1. The van der Waals surface area contributed by atoms with Crippen LogP contribution in [0.5, 0.6) is 0 Å². The van der Waals surface area contributed by atoms with Crippen molar-refractivity contribution in [3.8, 4) is 0 Å². The average molecular weight is 235 g/mol. The average Bonchev–Trinajstić information content (AvgIpc) is 1.96. The zero-order valence-electron chi connectivity index (χ0n) is 6.79. The summed E-state index contributed by atoms with van der Waals surface area (Å²) >= 11 is 3.19. The first-order chi connectivity index (χ1) is 5.52. The van der Waals surface area contributed by atoms with E-state index in [2.05, 4.69) is 15.9 Å². The van der Waals surface area contributed by atoms with Gasteiger partial charge in [-0.3, -0.25) is 9.59 Å². The Morgan fingerprint density at radius 2 is 2.17 bits per heavy atom. The van der Waals surface area contributed by atoms with Crippen LogP contribution in [0.15, 0.2) is 0 Å². The zero-order chi connectivity index (χ0) is 9.30. The first-order valence-electron chi connectivity index (χ1n) is 3.93. The van der Waals surface area contributed by atoms with E-state index < -0.39 is 11.9 Å². The first kappa shape index (κ1) is 9.71. The van der Waals surface area contributed by atoms with Crippen molar-refractivity contribution in [1.29, 1.82) is 0 Å². The van der Waals surface area contributed by atoms with Crippen molar-refractivity contribution in [2.45, 2.75) is 24.6 Å². The third-order valence-corrected chi connectivity index (χ3v) is 3.02. The third-order valence-electron chi connectivity index (χ3n) is 2.20. The van der Waals surface area contributed by atoms with Gasteiger partial charge in [0.05, 0.1) is 4.83 Å². The van der Waals surface area contributed by atoms with Crippen molar-refractivity contribution in [1.82, 2.24) is 0 Å². The van der Waals surface area contributed by atoms with Gasteiger partial charge in [-0.2, -0.15) is 0 Å². The molecular formula is C8H11BrO3. The van der Waals surface area contributed by atoms with Crippen LogP contribution in [0.4, 0.5) is 0 Å². The SMILES string of the molecule is CC1CC(Br)C(=O)C(C(=O)O)C1. The van der Waals surface area contributed by atoms with Gasteiger partial charge in [-0.05, 0) is 18.8 Å². The number of hydrogen-bond acceptors (Lipinski definition) is 2. The minimum absolute atomic E-state index is 0.180. The Morgan fingerprint density at radius 3 is 2.67 bits per heavy atom. The van der Waals surface area contributed by atoms with Gasteiger partial charge in [0.25, 0.3) is 0 Å². The van der Waals surface area contributed by atoms with E-state index in [1.807, 2.05) is 6.92 Å². The summed E-state index contributed by atoms with van der Waals surface area (Å²) in [7, 11) is 0. The van der Waals surface area contributed by atoms with Gasteiger partial charge in [-0.1, -0.05) is 22.9 Å². The molecule has 4 heteroatoms. The molecule has 3 nitrogen and oxygen atoms in total. The molecule has 1 N–H and O–H groups in total. The number of rotatable bonds is 1. The quantitative estimate of drug-likeness (QED) is 0.552. The minimum Gasteiger partial charge on any atom is -0.481 e. The summed E-state index contributed by atoms with van der Waals surface area (Å²) in [5.41, 5.74) is 0. The normalized spacial score (nSPS) is 36.5. The van der Waals surface area contributed by atoms with Gasteiger partial charge in [0.15, 0.2) is 5.78 Å². The predicted octanol–water partition coefficient (Wildman–Crippen LogP) is 1.45. The maximum atomic E-state index is 11.3. The molecule has 1 aliphatic rings. The number of carboxylic acid groups (broad SMARTS) is 1. The van der Waals surface area contributed by atoms with E-state index >= 15 is 0 Å². The van der Waals surface area contributed by atoms with Crippen molar-refractivity contribution in [2.75, 3.05) is 0 Å². The smallest absolute Gasteiger partial charge is 0.314 e. The van der Waals surface area contributed by atoms with Gasteiger partial charge in [-0.15, -0.1) is 0 Å². The Balaban J connectivity index is 2.73. The van der Waals surface area contributed by atoms with Gasteiger partial charge < -0.3 is 5.11 Å². The number of carboxylic acids is 1. The fourth-order valence-corrected chi connectivity index (χ4v) is 2.48. The number of halogens is 1. The van der Waals surface area contributed by atoms with Gasteiger partial charge in [0, 0.05) is 0 Å². The van der Waals surface area contributed by atoms with Crippen LogP contribution in [0.25, 0.3) is 0 Å². The molecule has 1 rings (SSSR count). The minimum atomic E-state index is -0.990. The van der Waals surface area contributed by atoms with Crippen LogP contribution in [0, 0.1) is 11.8 Å². The molecule has 1 saturated carbocycles. The second-order valence-corrected chi connectivity index (χ2v) is 4.44. The van der Waals surface area contributed by atoms with E-state index in [-0.39, 0.29) is 10.6 Å². The molecule has 0 aromatic carbocycles. The highest BCUT2D eigenvalue weighted by Crippen LogP contribution is 2.30. The highest BCUT2D eigenvalue weighted by molar-refractivity contribution is 9.10. The van der Waals surface area contributed by atoms with E-state index in [1.54, 1.807) is 0 Å². The second kappa shape index (κ2) is 3.56. The molecule has 0 spiro atoms. The summed E-state index contributed by atoms with van der Waals surface area (Å²) in [5.74, 6) is -1.65. The lowest BCUT2D eigenvalue weighted by Gasteiger charge is -2.26. The molecule has 0 amide bonds. The van der Waals surface area contributed by atoms with E-state index in [4.69, 9.17) is 5.11 Å². The summed E-state index contributed by atoms with van der Waals surface area (Å²) in [6.07, 6.45) is 1.24. The summed E-state index contributed by atoms with van der Waals surface area (Å²) < 4.78 is 0. The molecule has 0 bridgehead atoms. The molecular weight excluding hydrogens is 224 g/mol. The lowest BCUT2D eigenvalue weighted by atomic mass is 9.81. The highest BCUT2D eigenvalue weighted by Gasteiger charge is 2.37. The maximum absolute atomic E-state index is 11.3. The molecule has 0 aromatic heterocycles. The number of Topliss-reactive ketones (excluding diaryl/α,β-unsaturated/α-hetero) is 1. The Morgan fingerprint density at radius 1 is 1.58 bits per heavy atom. The van der Waals surface area contributed by atoms with E-state index in [0.717, 1.165) is 6.42 Å². The molecule has 12 heavy (non-hydrogen) atoms. The van der Waals surface area contributed by atoms with Crippen LogP contribution in [-0.4, -0.2) is 21.7 Å². The lowest BCUT2D eigenvalue weighted by molar-refractivity contribution is -0.148. The van der Waals surface area contributed by atoms with Gasteiger partial charge in [-0.25, -0.2) is 0 Å². The van der Waals surface area contributed by atoms with Crippen LogP contribution in [0.3, 0.4) is 0 Å². The standard InChI is InChI=1S/C8H11BrO3/c1-4-2-5(8(11)12)7(10)6(9)3-4/h4-6H,2-3H2,1H3,(H,11,12). The molecule has 0 heterocycles. The fraction of sp³-hybridized carbons (Fsp3) is 0.750. The number of aliphatic carboxylic acids is 1. The van der Waals surface area contributed by atoms with Crippen molar-refractivity contribution >= 4 is 27.7 Å². The predicted molar refractivity (Wildman–Crippen MR) is 47.2 cm³/mol. The van der Waals surface area contributed by atoms with E-state index in [0.29, 0.717) is 12.3 Å². The lowest BCUT2D eigenvalue weighted by Crippen LogP contribution is -2.37. The van der Waals surface area contributed by atoms with Crippen LogP contribution < -0.4 is 0 Å². The van der Waals surface area contributed by atoms with Crippen molar-refractivity contribution in [3.05, 3.63) is 0 Å². The Kier molecular flexibility index (Phi) is 2.88. The number of carbonyl (C=O) groups is 2. The van der Waals surface area contributed by atoms with Crippen LogP contribution in [-0.2, 0) is 9.59 Å². The fourth-order valence-electron chi connectivity index (χ4n) is 1.52. The van der Waals surface area contributed by atoms with Crippen molar-refractivity contribution in [2.24, 2.45) is 11.8 Å². The molecule has 0 aliphatic heterocycles. The summed E-state index contributed by atoms with van der Waals surface area (Å²) in [4.78, 5) is 21.6. The zero-order valence-corrected chi connectivity index (χ0v) is 8.37. The van der Waals surface area contributed by atoms with E-state index in [1.165, 1.54) is 0 Å². The molecule has 1 fully saturated rings. The largest absolute Gasteiger partial charge is 0.481 e. The van der Waals surface area contributed by atoms with Crippen LogP contribution in [0.2, 0.25) is 0 Å². The Bertz CT molecular complexity index is 214. The Labute approximate surface area is 79.3 Å². The number of carbonyl (C=O) groups excluding carboxylic acids is 1. The van der Waals surface area contributed by atoms with E-state index in [9.17, 15) is 9.59 Å². The van der Waals surface area contributed by atoms with Crippen LogP contribution >= 0.6 is 15.9 Å². The van der Waals surface area contributed by atoms with Crippen molar-refractivity contribution < 1.29 is 14.7 Å².